The van der Waals surface area contributed by atoms with Gasteiger partial charge in [-0.05, 0) is 121 Å². The van der Waals surface area contributed by atoms with E-state index in [0.717, 1.165) is 55.2 Å². The molecule has 8 aromatic carbocycles. The van der Waals surface area contributed by atoms with E-state index in [1.54, 1.807) is 12.4 Å². The van der Waals surface area contributed by atoms with Crippen molar-refractivity contribution < 1.29 is 11.0 Å². The molecule has 2 aromatic heterocycles. The van der Waals surface area contributed by atoms with E-state index in [2.05, 4.69) is 18.2 Å². The van der Waals surface area contributed by atoms with Crippen LogP contribution in [-0.4, -0.2) is 9.97 Å². The molecule has 0 radical (unpaired) electrons. The van der Waals surface area contributed by atoms with Crippen molar-refractivity contribution >= 4 is 43.4 Å². The summed E-state index contributed by atoms with van der Waals surface area (Å²) in [5.41, 5.74) is 9.84. The minimum Gasteiger partial charge on any atom is -0.254 e. The third-order valence-corrected chi connectivity index (χ3v) is 10.2. The Morgan fingerprint density at radius 3 is 1.48 bits per heavy atom. The largest absolute Gasteiger partial charge is 0.254 e. The molecule has 2 heteroatoms. The standard InChI is InChI=1S/C52H36N2/c1-33-27-34(2)29-39(28-33)48-40-20-9-11-22-42(40)49(43-23-12-10-21-41(43)48)50-46(35-15-5-3-6-16-35)31-38(32-47(50)36-17-7-4-8-18-36)45-30-37-19-13-25-53-51(37)52-44(45)24-14-26-54-52/h3-32H,1-2H3/i9D,10D,11D,12D,20D,21D,22D,23D. The van der Waals surface area contributed by atoms with Crippen LogP contribution in [0.4, 0.5) is 0 Å². The first-order valence-corrected chi connectivity index (χ1v) is 17.9. The highest BCUT2D eigenvalue weighted by Crippen LogP contribution is 2.51. The lowest BCUT2D eigenvalue weighted by molar-refractivity contribution is 1.37. The maximum absolute atomic E-state index is 9.75. The SMILES string of the molecule is [2H]c1c([2H])c([2H])c2c(-c3c(-c4ccccc4)cc(-c4cc5cccnc5c5ncccc45)cc3-c3ccccc3)c3c([2H])c([2H])c([2H])c([2H])c3c(-c3cc(C)cc(C)c3)c2c1[2H]. The van der Waals surface area contributed by atoms with Crippen LogP contribution in [0.1, 0.15) is 22.1 Å². The van der Waals surface area contributed by atoms with Gasteiger partial charge in [-0.2, -0.15) is 0 Å². The zero-order chi connectivity index (χ0) is 43.1. The monoisotopic (exact) mass is 696 g/mol. The number of nitrogens with zero attached hydrogens (tertiary/aromatic N) is 2. The van der Waals surface area contributed by atoms with Gasteiger partial charge < -0.3 is 0 Å². The van der Waals surface area contributed by atoms with Gasteiger partial charge in [0.05, 0.1) is 22.0 Å². The number of aromatic nitrogens is 2. The highest BCUT2D eigenvalue weighted by molar-refractivity contribution is 6.24. The van der Waals surface area contributed by atoms with E-state index in [1.165, 1.54) is 0 Å². The minimum atomic E-state index is -0.446. The average molecular weight is 697 g/mol. The van der Waals surface area contributed by atoms with Gasteiger partial charge in [0.2, 0.25) is 0 Å². The number of rotatable bonds is 5. The quantitative estimate of drug-likeness (QED) is 0.132. The van der Waals surface area contributed by atoms with E-state index in [0.29, 0.717) is 33.4 Å². The Morgan fingerprint density at radius 2 is 0.907 bits per heavy atom. The van der Waals surface area contributed by atoms with Crippen LogP contribution in [0.2, 0.25) is 0 Å². The molecule has 2 nitrogen and oxygen atoms in total. The van der Waals surface area contributed by atoms with Crippen LogP contribution in [-0.2, 0) is 0 Å². The Kier molecular flexibility index (Phi) is 5.84. The Morgan fingerprint density at radius 1 is 0.389 bits per heavy atom. The molecule has 0 aliphatic heterocycles. The molecule has 0 unspecified atom stereocenters. The summed E-state index contributed by atoms with van der Waals surface area (Å²) < 4.78 is 75.0. The number of fused-ring (bicyclic) bond motifs is 5. The molecule has 0 atom stereocenters. The molecule has 0 aliphatic rings. The van der Waals surface area contributed by atoms with Gasteiger partial charge in [0.25, 0.3) is 0 Å². The van der Waals surface area contributed by atoms with Crippen LogP contribution >= 0.6 is 0 Å². The van der Waals surface area contributed by atoms with E-state index in [-0.39, 0.29) is 45.7 Å². The summed E-state index contributed by atoms with van der Waals surface area (Å²) in [6.45, 7) is 3.87. The topological polar surface area (TPSA) is 25.8 Å². The van der Waals surface area contributed by atoms with Gasteiger partial charge >= 0.3 is 0 Å². The third kappa shape index (κ3) is 5.26. The van der Waals surface area contributed by atoms with Gasteiger partial charge in [0, 0.05) is 23.2 Å². The maximum atomic E-state index is 9.75. The van der Waals surface area contributed by atoms with Crippen LogP contribution in [0, 0.1) is 13.8 Å². The first-order chi connectivity index (χ1) is 29.9. The molecule has 0 saturated heterocycles. The lowest BCUT2D eigenvalue weighted by atomic mass is 9.79. The van der Waals surface area contributed by atoms with E-state index in [1.807, 2.05) is 117 Å². The normalized spacial score (nSPS) is 13.6. The smallest absolute Gasteiger partial charge is 0.0970 e. The van der Waals surface area contributed by atoms with Crippen molar-refractivity contribution in [2.45, 2.75) is 13.8 Å². The summed E-state index contributed by atoms with van der Waals surface area (Å²) in [5, 5.41) is 2.48. The van der Waals surface area contributed by atoms with Crippen LogP contribution in [0.15, 0.2) is 182 Å². The molecular formula is C52H36N2. The molecule has 2 heterocycles. The zero-order valence-corrected chi connectivity index (χ0v) is 29.6. The van der Waals surface area contributed by atoms with Crippen molar-refractivity contribution in [3.8, 4) is 55.6 Å². The molecule has 0 spiro atoms. The van der Waals surface area contributed by atoms with E-state index in [9.17, 15) is 5.48 Å². The van der Waals surface area contributed by atoms with E-state index in [4.69, 9.17) is 15.5 Å². The Bertz CT molecular complexity index is 3360. The molecule has 10 rings (SSSR count). The van der Waals surface area contributed by atoms with Crippen molar-refractivity contribution in [2.24, 2.45) is 0 Å². The van der Waals surface area contributed by atoms with Crippen LogP contribution in [0.3, 0.4) is 0 Å². The second-order valence-corrected chi connectivity index (χ2v) is 13.7. The van der Waals surface area contributed by atoms with Crippen molar-refractivity contribution in [3.05, 3.63) is 193 Å². The Balaban J connectivity index is 1.50. The molecule has 54 heavy (non-hydrogen) atoms. The number of pyridine rings is 2. The molecule has 254 valence electrons. The number of hydrogen-bond acceptors (Lipinski definition) is 2. The Labute approximate surface area is 326 Å². The second kappa shape index (κ2) is 12.9. The van der Waals surface area contributed by atoms with Crippen LogP contribution in [0.5, 0.6) is 0 Å². The fraction of sp³-hybridized carbons (Fsp3) is 0.0385. The fourth-order valence-corrected chi connectivity index (χ4v) is 8.06. The van der Waals surface area contributed by atoms with Crippen molar-refractivity contribution in [3.63, 3.8) is 0 Å². The van der Waals surface area contributed by atoms with Gasteiger partial charge in [0.1, 0.15) is 0 Å². The molecular weight excluding hydrogens is 653 g/mol. The summed E-state index contributed by atoms with van der Waals surface area (Å²) in [4.78, 5) is 9.49. The van der Waals surface area contributed by atoms with Crippen LogP contribution in [0.25, 0.3) is 99.0 Å². The predicted molar refractivity (Wildman–Crippen MR) is 229 cm³/mol. The molecule has 0 bridgehead atoms. The molecule has 0 saturated carbocycles. The fourth-order valence-electron chi connectivity index (χ4n) is 8.06. The zero-order valence-electron chi connectivity index (χ0n) is 37.6. The third-order valence-electron chi connectivity index (χ3n) is 10.2. The van der Waals surface area contributed by atoms with E-state index < -0.39 is 24.2 Å². The maximum Gasteiger partial charge on any atom is 0.0970 e. The lowest BCUT2D eigenvalue weighted by Crippen LogP contribution is -1.97. The highest BCUT2D eigenvalue weighted by Gasteiger charge is 2.24. The van der Waals surface area contributed by atoms with Gasteiger partial charge in [-0.15, -0.1) is 0 Å². The van der Waals surface area contributed by atoms with Gasteiger partial charge in [0.15, 0.2) is 0 Å². The summed E-state index contributed by atoms with van der Waals surface area (Å²) in [6, 6.07) is 36.5. The molecule has 10 aromatic rings. The average Bonchev–Trinajstić information content (AvgIpc) is 3.30. The number of benzene rings is 8. The van der Waals surface area contributed by atoms with Crippen molar-refractivity contribution in [1.29, 1.82) is 0 Å². The van der Waals surface area contributed by atoms with Crippen molar-refractivity contribution in [2.75, 3.05) is 0 Å². The second-order valence-electron chi connectivity index (χ2n) is 13.7. The van der Waals surface area contributed by atoms with Crippen LogP contribution < -0.4 is 0 Å². The summed E-state index contributed by atoms with van der Waals surface area (Å²) >= 11 is 0. The van der Waals surface area contributed by atoms with Gasteiger partial charge in [-0.25, -0.2) is 0 Å². The lowest BCUT2D eigenvalue weighted by Gasteiger charge is -2.24. The van der Waals surface area contributed by atoms with Gasteiger partial charge in [-0.3, -0.25) is 9.97 Å². The summed E-state index contributed by atoms with van der Waals surface area (Å²) in [7, 11) is 0. The number of hydrogen-bond donors (Lipinski definition) is 0. The predicted octanol–water partition coefficient (Wildman–Crippen LogP) is 14.0. The first kappa shape index (κ1) is 24.4. The minimum absolute atomic E-state index is 0.163. The first-order valence-electron chi connectivity index (χ1n) is 21.9. The summed E-state index contributed by atoms with van der Waals surface area (Å²) in [6.07, 6.45) is 3.52. The highest BCUT2D eigenvalue weighted by atomic mass is 14.7. The van der Waals surface area contributed by atoms with Gasteiger partial charge in [-0.1, -0.05) is 150 Å². The van der Waals surface area contributed by atoms with Crippen molar-refractivity contribution in [1.82, 2.24) is 9.97 Å². The molecule has 0 N–H and O–H groups in total. The molecule has 0 aliphatic carbocycles. The van der Waals surface area contributed by atoms with E-state index >= 15 is 0 Å². The number of aryl methyl sites for hydroxylation is 2. The molecule has 0 amide bonds. The summed E-state index contributed by atoms with van der Waals surface area (Å²) in [5.74, 6) is 0. The molecule has 0 fully saturated rings. The Hall–Kier alpha value is -6.90.